The lowest BCUT2D eigenvalue weighted by Gasteiger charge is -2.34. The van der Waals surface area contributed by atoms with Gasteiger partial charge >= 0.3 is 5.97 Å². The summed E-state index contributed by atoms with van der Waals surface area (Å²) in [6.45, 7) is 4.23. The number of nitrogens with zero attached hydrogens (tertiary/aromatic N) is 2. The average Bonchev–Trinajstić information content (AvgIpc) is 2.77. The number of ether oxygens (including phenoxy) is 2. The van der Waals surface area contributed by atoms with Crippen LogP contribution >= 0.6 is 0 Å². The molecule has 1 saturated heterocycles. The minimum Gasteiger partial charge on any atom is -0.465 e. The number of methoxy groups -OCH3 is 1. The van der Waals surface area contributed by atoms with Crippen LogP contribution in [-0.2, 0) is 19.5 Å². The van der Waals surface area contributed by atoms with Gasteiger partial charge in [-0.1, -0.05) is 12.1 Å². The molecule has 31 heavy (non-hydrogen) atoms. The summed E-state index contributed by atoms with van der Waals surface area (Å²) >= 11 is 0. The average molecular weight is 447 g/mol. The molecule has 2 aromatic carbocycles. The van der Waals surface area contributed by atoms with Gasteiger partial charge in [0.15, 0.2) is 0 Å². The van der Waals surface area contributed by atoms with Crippen LogP contribution in [0.5, 0.6) is 0 Å². The number of morpholine rings is 1. The quantitative estimate of drug-likeness (QED) is 0.656. The van der Waals surface area contributed by atoms with Crippen molar-refractivity contribution in [1.82, 2.24) is 4.31 Å². The summed E-state index contributed by atoms with van der Waals surface area (Å²) in [5.41, 5.74) is 0.952. The van der Waals surface area contributed by atoms with E-state index in [0.29, 0.717) is 11.3 Å². The third-order valence-corrected chi connectivity index (χ3v) is 6.95. The van der Waals surface area contributed by atoms with Crippen LogP contribution in [-0.4, -0.2) is 64.1 Å². The first-order valence-electron chi connectivity index (χ1n) is 9.86. The Kier molecular flexibility index (Phi) is 6.78. The Morgan fingerprint density at radius 2 is 1.61 bits per heavy atom. The fraction of sp³-hybridized carbons (Fsp3) is 0.364. The molecule has 1 heterocycles. The number of anilines is 1. The van der Waals surface area contributed by atoms with Gasteiger partial charge in [-0.2, -0.15) is 4.31 Å². The van der Waals surface area contributed by atoms with Crippen molar-refractivity contribution < 1.29 is 27.5 Å². The fourth-order valence-electron chi connectivity index (χ4n) is 3.60. The third kappa shape index (κ3) is 4.79. The summed E-state index contributed by atoms with van der Waals surface area (Å²) in [5, 5.41) is 0. The summed E-state index contributed by atoms with van der Waals surface area (Å²) in [6, 6.07) is 12.4. The molecule has 1 amide bonds. The molecule has 166 valence electrons. The maximum Gasteiger partial charge on any atom is 0.339 e. The van der Waals surface area contributed by atoms with E-state index in [4.69, 9.17) is 9.47 Å². The molecule has 0 spiro atoms. The monoisotopic (exact) mass is 446 g/mol. The number of sulfonamides is 1. The molecule has 0 N–H and O–H groups in total. The molecule has 1 aliphatic rings. The highest BCUT2D eigenvalue weighted by Crippen LogP contribution is 2.24. The maximum atomic E-state index is 13.0. The van der Waals surface area contributed by atoms with E-state index in [0.717, 1.165) is 0 Å². The molecule has 1 fully saturated rings. The van der Waals surface area contributed by atoms with Gasteiger partial charge in [-0.25, -0.2) is 13.2 Å². The fourth-order valence-corrected chi connectivity index (χ4v) is 5.19. The van der Waals surface area contributed by atoms with E-state index in [1.807, 2.05) is 13.8 Å². The normalized spacial score (nSPS) is 19.6. The van der Waals surface area contributed by atoms with Crippen LogP contribution < -0.4 is 4.90 Å². The molecule has 0 saturated carbocycles. The van der Waals surface area contributed by atoms with E-state index in [9.17, 15) is 18.0 Å². The van der Waals surface area contributed by atoms with Crippen molar-refractivity contribution in [3.05, 3.63) is 59.7 Å². The zero-order chi connectivity index (χ0) is 22.8. The standard InChI is InChI=1S/C22H26N2O6S/c1-15-13-24(14-16(2)30-15)31(27,28)18-11-9-17(10-12-18)21(25)23(3)20-8-6-5-7-19(20)22(26)29-4/h5-12,15-16H,13-14H2,1-4H3/t15-,16+. The number of hydrogen-bond donors (Lipinski definition) is 0. The topological polar surface area (TPSA) is 93.2 Å². The first-order chi connectivity index (χ1) is 14.6. The van der Waals surface area contributed by atoms with Gasteiger partial charge in [0.05, 0.1) is 35.5 Å². The predicted molar refractivity (Wildman–Crippen MR) is 116 cm³/mol. The van der Waals surface area contributed by atoms with Crippen molar-refractivity contribution >= 4 is 27.6 Å². The Morgan fingerprint density at radius 1 is 1.03 bits per heavy atom. The Balaban J connectivity index is 1.83. The molecule has 2 aromatic rings. The number of carbonyl (C=O) groups is 2. The van der Waals surface area contributed by atoms with E-state index < -0.39 is 16.0 Å². The van der Waals surface area contributed by atoms with Gasteiger partial charge < -0.3 is 14.4 Å². The largest absolute Gasteiger partial charge is 0.465 e. The molecule has 0 aliphatic carbocycles. The molecule has 8 nitrogen and oxygen atoms in total. The van der Waals surface area contributed by atoms with Gasteiger partial charge in [-0.15, -0.1) is 0 Å². The van der Waals surface area contributed by atoms with Gasteiger partial charge in [0, 0.05) is 25.7 Å². The van der Waals surface area contributed by atoms with Gasteiger partial charge in [0.1, 0.15) is 0 Å². The van der Waals surface area contributed by atoms with Gasteiger partial charge in [-0.05, 0) is 50.2 Å². The molecule has 2 atom stereocenters. The van der Waals surface area contributed by atoms with E-state index in [2.05, 4.69) is 0 Å². The molecule has 3 rings (SSSR count). The van der Waals surface area contributed by atoms with E-state index in [-0.39, 0.29) is 41.7 Å². The second kappa shape index (κ2) is 9.17. The van der Waals surface area contributed by atoms with Crippen LogP contribution in [0.25, 0.3) is 0 Å². The highest BCUT2D eigenvalue weighted by atomic mass is 32.2. The lowest BCUT2D eigenvalue weighted by Crippen LogP contribution is -2.48. The van der Waals surface area contributed by atoms with Crippen LogP contribution in [0.4, 0.5) is 5.69 Å². The van der Waals surface area contributed by atoms with Crippen molar-refractivity contribution in [3.8, 4) is 0 Å². The summed E-state index contributed by atoms with van der Waals surface area (Å²) < 4.78 is 37.8. The van der Waals surface area contributed by atoms with Crippen molar-refractivity contribution in [3.63, 3.8) is 0 Å². The van der Waals surface area contributed by atoms with E-state index in [1.54, 1.807) is 31.3 Å². The third-order valence-electron chi connectivity index (χ3n) is 5.10. The number of para-hydroxylation sites is 1. The highest BCUT2D eigenvalue weighted by molar-refractivity contribution is 7.89. The Morgan fingerprint density at radius 3 is 2.19 bits per heavy atom. The van der Waals surface area contributed by atoms with Crippen LogP contribution in [0.1, 0.15) is 34.6 Å². The van der Waals surface area contributed by atoms with Crippen LogP contribution in [0.2, 0.25) is 0 Å². The summed E-state index contributed by atoms with van der Waals surface area (Å²) in [7, 11) is -0.876. The van der Waals surface area contributed by atoms with E-state index in [1.165, 1.54) is 40.6 Å². The molecule has 0 unspecified atom stereocenters. The highest BCUT2D eigenvalue weighted by Gasteiger charge is 2.32. The summed E-state index contributed by atoms with van der Waals surface area (Å²) in [6.07, 6.45) is -0.384. The molecular formula is C22H26N2O6S. The van der Waals surface area contributed by atoms with Gasteiger partial charge in [-0.3, -0.25) is 4.79 Å². The zero-order valence-corrected chi connectivity index (χ0v) is 18.8. The smallest absolute Gasteiger partial charge is 0.339 e. The van der Waals surface area contributed by atoms with E-state index >= 15 is 0 Å². The van der Waals surface area contributed by atoms with Crippen LogP contribution in [0, 0.1) is 0 Å². The first kappa shape index (κ1) is 22.9. The van der Waals surface area contributed by atoms with Crippen LogP contribution in [0.3, 0.4) is 0 Å². The molecule has 9 heteroatoms. The number of amides is 1. The predicted octanol–water partition coefficient (Wildman–Crippen LogP) is 2.55. The molecule has 0 bridgehead atoms. The molecule has 0 aromatic heterocycles. The Hall–Kier alpha value is -2.75. The number of hydrogen-bond acceptors (Lipinski definition) is 6. The number of esters is 1. The number of carbonyl (C=O) groups excluding carboxylic acids is 2. The van der Waals surface area contributed by atoms with Gasteiger partial charge in [0.25, 0.3) is 5.91 Å². The number of rotatable bonds is 5. The molecular weight excluding hydrogens is 420 g/mol. The Labute approximate surface area is 182 Å². The van der Waals surface area contributed by atoms with Crippen LogP contribution in [0.15, 0.2) is 53.4 Å². The first-order valence-corrected chi connectivity index (χ1v) is 11.3. The SMILES string of the molecule is COC(=O)c1ccccc1N(C)C(=O)c1ccc(S(=O)(=O)N2C[C@@H](C)O[C@@H](C)C2)cc1. The second-order valence-corrected chi connectivity index (χ2v) is 9.41. The van der Waals surface area contributed by atoms with Gasteiger partial charge in [0.2, 0.25) is 10.0 Å². The minimum absolute atomic E-state index is 0.114. The van der Waals surface area contributed by atoms with Crippen molar-refractivity contribution in [2.24, 2.45) is 0 Å². The van der Waals surface area contributed by atoms with Crippen molar-refractivity contribution in [2.75, 3.05) is 32.1 Å². The maximum absolute atomic E-state index is 13.0. The Bertz CT molecular complexity index is 1060. The summed E-state index contributed by atoms with van der Waals surface area (Å²) in [4.78, 5) is 26.4. The van der Waals surface area contributed by atoms with Crippen molar-refractivity contribution in [2.45, 2.75) is 31.0 Å². The zero-order valence-electron chi connectivity index (χ0n) is 17.9. The lowest BCUT2D eigenvalue weighted by molar-refractivity contribution is -0.0440. The number of benzene rings is 2. The second-order valence-electron chi connectivity index (χ2n) is 7.48. The lowest BCUT2D eigenvalue weighted by atomic mass is 10.1. The van der Waals surface area contributed by atoms with Crippen molar-refractivity contribution in [1.29, 1.82) is 0 Å². The summed E-state index contributed by atoms with van der Waals surface area (Å²) in [5.74, 6) is -0.931. The molecule has 0 radical (unpaired) electrons. The minimum atomic E-state index is -3.70. The molecule has 1 aliphatic heterocycles.